The highest BCUT2D eigenvalue weighted by Gasteiger charge is 2.32. The van der Waals surface area contributed by atoms with Crippen molar-refractivity contribution in [3.05, 3.63) is 59.7 Å². The zero-order chi connectivity index (χ0) is 22.1. The standard InChI is InChI=1S/C26H35N3O2.2ClH/c1-3-4-19-31-25-11-9-24(10-12-25)28(2)16-13-26(30)14-17-29(18-15-26)21-23-7-5-22(20-27)6-8-23;;/h5-12,30H,3-4,13-19,21H2,1-2H3;2*1H. The number of nitrogens with zero attached hydrogens (tertiary/aromatic N) is 3. The van der Waals surface area contributed by atoms with Gasteiger partial charge in [-0.3, -0.25) is 4.90 Å². The van der Waals surface area contributed by atoms with Crippen LogP contribution < -0.4 is 9.64 Å². The monoisotopic (exact) mass is 493 g/mol. The van der Waals surface area contributed by atoms with Gasteiger partial charge in [0.05, 0.1) is 23.8 Å². The second-order valence-electron chi connectivity index (χ2n) is 8.68. The summed E-state index contributed by atoms with van der Waals surface area (Å²) in [7, 11) is 2.08. The van der Waals surface area contributed by atoms with Crippen molar-refractivity contribution in [2.75, 3.05) is 38.2 Å². The van der Waals surface area contributed by atoms with Gasteiger partial charge in [0.25, 0.3) is 0 Å². The van der Waals surface area contributed by atoms with E-state index in [-0.39, 0.29) is 24.8 Å². The van der Waals surface area contributed by atoms with Crippen LogP contribution in [0.4, 0.5) is 5.69 Å². The Labute approximate surface area is 211 Å². The summed E-state index contributed by atoms with van der Waals surface area (Å²) in [6.45, 7) is 6.40. The second-order valence-corrected chi connectivity index (χ2v) is 8.68. The molecule has 1 N–H and O–H groups in total. The molecule has 0 aromatic heterocycles. The van der Waals surface area contributed by atoms with Crippen LogP contribution in [0.25, 0.3) is 0 Å². The van der Waals surface area contributed by atoms with Crippen LogP contribution in [0.5, 0.6) is 5.75 Å². The van der Waals surface area contributed by atoms with Gasteiger partial charge >= 0.3 is 0 Å². The van der Waals surface area contributed by atoms with Gasteiger partial charge in [-0.2, -0.15) is 5.26 Å². The first-order chi connectivity index (χ1) is 15.0. The Morgan fingerprint density at radius 3 is 2.27 bits per heavy atom. The van der Waals surface area contributed by atoms with Gasteiger partial charge in [0, 0.05) is 38.9 Å². The van der Waals surface area contributed by atoms with Crippen molar-refractivity contribution in [1.82, 2.24) is 4.90 Å². The molecule has 2 aromatic rings. The number of ether oxygens (including phenoxy) is 1. The van der Waals surface area contributed by atoms with E-state index in [1.807, 2.05) is 36.4 Å². The molecule has 1 fully saturated rings. The van der Waals surface area contributed by atoms with Gasteiger partial charge < -0.3 is 14.7 Å². The normalized spacial score (nSPS) is 15.0. The number of aliphatic hydroxyl groups is 1. The van der Waals surface area contributed by atoms with Gasteiger partial charge in [0.15, 0.2) is 0 Å². The molecule has 1 saturated heterocycles. The zero-order valence-corrected chi connectivity index (χ0v) is 21.3. The Morgan fingerprint density at radius 2 is 1.70 bits per heavy atom. The summed E-state index contributed by atoms with van der Waals surface area (Å²) < 4.78 is 5.74. The lowest BCUT2D eigenvalue weighted by Crippen LogP contribution is -2.45. The minimum atomic E-state index is -0.599. The molecule has 0 radical (unpaired) electrons. The third kappa shape index (κ3) is 9.06. The molecular formula is C26H37Cl2N3O2. The molecule has 2 aromatic carbocycles. The van der Waals surface area contributed by atoms with Gasteiger partial charge in [0.2, 0.25) is 0 Å². The number of piperidine rings is 1. The maximum Gasteiger partial charge on any atom is 0.119 e. The topological polar surface area (TPSA) is 59.7 Å². The Balaban J connectivity index is 0.00000272. The first-order valence-electron chi connectivity index (χ1n) is 11.4. The maximum absolute atomic E-state index is 11.1. The fourth-order valence-electron chi connectivity index (χ4n) is 3.96. The first-order valence-corrected chi connectivity index (χ1v) is 11.4. The Hall–Kier alpha value is -1.97. The van der Waals surface area contributed by atoms with Crippen LogP contribution in [-0.4, -0.2) is 48.9 Å². The van der Waals surface area contributed by atoms with Crippen molar-refractivity contribution in [2.24, 2.45) is 0 Å². The highest BCUT2D eigenvalue weighted by atomic mass is 35.5. The molecule has 0 amide bonds. The molecule has 182 valence electrons. The number of halogens is 2. The minimum absolute atomic E-state index is 0. The number of hydrogen-bond acceptors (Lipinski definition) is 5. The second kappa shape index (κ2) is 14.3. The molecule has 0 unspecified atom stereocenters. The summed E-state index contributed by atoms with van der Waals surface area (Å²) in [5.41, 5.74) is 2.45. The van der Waals surface area contributed by atoms with Crippen molar-refractivity contribution in [3.8, 4) is 11.8 Å². The number of rotatable bonds is 10. The molecule has 1 aliphatic rings. The molecule has 5 nitrogen and oxygen atoms in total. The molecule has 0 saturated carbocycles. The van der Waals surface area contributed by atoms with Gasteiger partial charge in [0.1, 0.15) is 5.75 Å². The third-order valence-corrected chi connectivity index (χ3v) is 6.23. The lowest BCUT2D eigenvalue weighted by atomic mass is 9.88. The number of hydrogen-bond donors (Lipinski definition) is 1. The van der Waals surface area contributed by atoms with E-state index < -0.39 is 5.60 Å². The Kier molecular flexibility index (Phi) is 12.6. The van der Waals surface area contributed by atoms with E-state index in [0.717, 1.165) is 76.3 Å². The van der Waals surface area contributed by atoms with Crippen LogP contribution in [0.1, 0.15) is 50.2 Å². The lowest BCUT2D eigenvalue weighted by Gasteiger charge is -2.39. The molecule has 1 heterocycles. The van der Waals surface area contributed by atoms with Crippen LogP contribution in [0.3, 0.4) is 0 Å². The molecule has 0 bridgehead atoms. The first kappa shape index (κ1) is 29.1. The molecule has 1 aliphatic heterocycles. The minimum Gasteiger partial charge on any atom is -0.494 e. The van der Waals surface area contributed by atoms with E-state index in [4.69, 9.17) is 10.00 Å². The highest BCUT2D eigenvalue weighted by Crippen LogP contribution is 2.28. The van der Waals surface area contributed by atoms with E-state index >= 15 is 0 Å². The number of anilines is 1. The average Bonchev–Trinajstić information content (AvgIpc) is 2.80. The van der Waals surface area contributed by atoms with Gasteiger partial charge in [-0.15, -0.1) is 24.8 Å². The summed E-state index contributed by atoms with van der Waals surface area (Å²) in [4.78, 5) is 4.59. The van der Waals surface area contributed by atoms with E-state index in [0.29, 0.717) is 5.56 Å². The van der Waals surface area contributed by atoms with Gasteiger partial charge in [-0.25, -0.2) is 0 Å². The molecule has 3 rings (SSSR count). The molecule has 7 heteroatoms. The Morgan fingerprint density at radius 1 is 1.06 bits per heavy atom. The van der Waals surface area contributed by atoms with E-state index in [2.05, 4.69) is 42.0 Å². The smallest absolute Gasteiger partial charge is 0.119 e. The summed E-state index contributed by atoms with van der Waals surface area (Å²) >= 11 is 0. The highest BCUT2D eigenvalue weighted by molar-refractivity contribution is 5.85. The third-order valence-electron chi connectivity index (χ3n) is 6.23. The van der Waals surface area contributed by atoms with Gasteiger partial charge in [-0.1, -0.05) is 25.5 Å². The molecule has 0 spiro atoms. The molecule has 0 atom stereocenters. The molecule has 0 aliphatic carbocycles. The molecular weight excluding hydrogens is 457 g/mol. The lowest BCUT2D eigenvalue weighted by molar-refractivity contribution is -0.0275. The predicted octanol–water partition coefficient (Wildman–Crippen LogP) is 5.43. The van der Waals surface area contributed by atoms with Crippen molar-refractivity contribution in [3.63, 3.8) is 0 Å². The SMILES string of the molecule is CCCCOc1ccc(N(C)CCC2(O)CCN(Cc3ccc(C#N)cc3)CC2)cc1.Cl.Cl. The van der Waals surface area contributed by atoms with Crippen molar-refractivity contribution < 1.29 is 9.84 Å². The molecule has 33 heavy (non-hydrogen) atoms. The van der Waals surface area contributed by atoms with E-state index in [9.17, 15) is 5.11 Å². The number of benzene rings is 2. The van der Waals surface area contributed by atoms with Crippen molar-refractivity contribution >= 4 is 30.5 Å². The van der Waals surface area contributed by atoms with E-state index in [1.54, 1.807) is 0 Å². The largest absolute Gasteiger partial charge is 0.494 e. The Bertz CT molecular complexity index is 845. The number of likely N-dealkylation sites (tertiary alicyclic amines) is 1. The van der Waals surface area contributed by atoms with Crippen LogP contribution in [-0.2, 0) is 6.54 Å². The average molecular weight is 495 g/mol. The predicted molar refractivity (Wildman–Crippen MR) is 140 cm³/mol. The van der Waals surface area contributed by atoms with E-state index in [1.165, 1.54) is 5.56 Å². The van der Waals surface area contributed by atoms with Crippen LogP contribution >= 0.6 is 24.8 Å². The summed E-state index contributed by atoms with van der Waals surface area (Å²) in [5.74, 6) is 0.916. The fraction of sp³-hybridized carbons (Fsp3) is 0.500. The number of unbranched alkanes of at least 4 members (excludes halogenated alkanes) is 1. The summed E-state index contributed by atoms with van der Waals surface area (Å²) in [6.07, 6.45) is 4.56. The summed E-state index contributed by atoms with van der Waals surface area (Å²) in [6, 6.07) is 18.2. The quantitative estimate of drug-likeness (QED) is 0.446. The maximum atomic E-state index is 11.1. The van der Waals surface area contributed by atoms with Crippen molar-refractivity contribution in [1.29, 1.82) is 5.26 Å². The van der Waals surface area contributed by atoms with Crippen LogP contribution in [0.15, 0.2) is 48.5 Å². The fourth-order valence-corrected chi connectivity index (χ4v) is 3.96. The summed E-state index contributed by atoms with van der Waals surface area (Å²) in [5, 5.41) is 20.0. The number of nitriles is 1. The van der Waals surface area contributed by atoms with Crippen molar-refractivity contribution in [2.45, 2.75) is 51.2 Å². The van der Waals surface area contributed by atoms with Crippen LogP contribution in [0, 0.1) is 11.3 Å². The zero-order valence-electron chi connectivity index (χ0n) is 19.7. The van der Waals surface area contributed by atoms with Gasteiger partial charge in [-0.05, 0) is 67.6 Å². The van der Waals surface area contributed by atoms with Crippen LogP contribution in [0.2, 0.25) is 0 Å².